The van der Waals surface area contributed by atoms with Gasteiger partial charge in [-0.3, -0.25) is 19.7 Å². The van der Waals surface area contributed by atoms with Gasteiger partial charge in [-0.05, 0) is 18.2 Å². The van der Waals surface area contributed by atoms with Gasteiger partial charge >= 0.3 is 0 Å². The molecule has 0 unspecified atom stereocenters. The highest BCUT2D eigenvalue weighted by Gasteiger charge is 2.19. The summed E-state index contributed by atoms with van der Waals surface area (Å²) < 4.78 is 0. The van der Waals surface area contributed by atoms with Crippen molar-refractivity contribution in [2.75, 3.05) is 10.6 Å². The molecule has 0 aliphatic heterocycles. The Bertz CT molecular complexity index is 795. The van der Waals surface area contributed by atoms with Gasteiger partial charge in [0, 0.05) is 22.7 Å². The van der Waals surface area contributed by atoms with Crippen LogP contribution in [-0.4, -0.2) is 21.9 Å². The molecule has 1 N–H and O–H groups in total. The topological polar surface area (TPSA) is 89.3 Å². The number of carbonyl (C=O) groups is 2. The van der Waals surface area contributed by atoms with E-state index in [1.165, 1.54) is 18.2 Å². The van der Waals surface area contributed by atoms with Crippen molar-refractivity contribution in [3.63, 3.8) is 0 Å². The summed E-state index contributed by atoms with van der Waals surface area (Å²) in [5, 5.41) is 13.9. The van der Waals surface area contributed by atoms with Crippen molar-refractivity contribution in [1.82, 2.24) is 0 Å². The molecule has 2 aromatic rings. The Morgan fingerprint density at radius 2 is 1.96 bits per heavy atom. The molecule has 0 aliphatic rings. The second-order valence-corrected chi connectivity index (χ2v) is 5.51. The highest BCUT2D eigenvalue weighted by molar-refractivity contribution is 9.09. The summed E-state index contributed by atoms with van der Waals surface area (Å²) in [6, 6.07) is 9.90. The van der Waals surface area contributed by atoms with Crippen molar-refractivity contribution >= 4 is 50.6 Å². The number of anilines is 1. The van der Waals surface area contributed by atoms with E-state index < -0.39 is 10.7 Å². The van der Waals surface area contributed by atoms with E-state index in [4.69, 9.17) is 11.6 Å². The lowest BCUT2D eigenvalue weighted by atomic mass is 10.0. The molecule has 0 aliphatic carbocycles. The normalized spacial score (nSPS) is 10.2. The number of benzene rings is 2. The number of nitro groups is 1. The number of nitrogens with one attached hydrogen (secondary N) is 1. The van der Waals surface area contributed by atoms with Gasteiger partial charge in [-0.1, -0.05) is 39.7 Å². The van der Waals surface area contributed by atoms with Gasteiger partial charge in [-0.2, -0.15) is 0 Å². The molecule has 1 amide bonds. The average Bonchev–Trinajstić information content (AvgIpc) is 2.54. The maximum atomic E-state index is 12.6. The fourth-order valence-electron chi connectivity index (χ4n) is 1.91. The first-order valence-electron chi connectivity index (χ1n) is 6.37. The Labute approximate surface area is 144 Å². The summed E-state index contributed by atoms with van der Waals surface area (Å²) in [4.78, 5) is 34.5. The maximum absolute atomic E-state index is 12.6. The predicted molar refractivity (Wildman–Crippen MR) is 90.4 cm³/mol. The van der Waals surface area contributed by atoms with Crippen LogP contribution in [0.1, 0.15) is 15.9 Å². The number of alkyl halides is 1. The highest BCUT2D eigenvalue weighted by Crippen LogP contribution is 2.26. The number of halogens is 2. The minimum atomic E-state index is -0.606. The van der Waals surface area contributed by atoms with Crippen molar-refractivity contribution < 1.29 is 14.5 Å². The Hall–Kier alpha value is -2.25. The quantitative estimate of drug-likeness (QED) is 0.359. The highest BCUT2D eigenvalue weighted by atomic mass is 79.9. The molecule has 23 heavy (non-hydrogen) atoms. The van der Waals surface area contributed by atoms with Crippen LogP contribution in [0.25, 0.3) is 0 Å². The van der Waals surface area contributed by atoms with Gasteiger partial charge < -0.3 is 5.32 Å². The smallest absolute Gasteiger partial charge is 0.270 e. The van der Waals surface area contributed by atoms with Crippen LogP contribution >= 0.6 is 27.5 Å². The van der Waals surface area contributed by atoms with E-state index in [1.54, 1.807) is 18.2 Å². The Morgan fingerprint density at radius 1 is 1.22 bits per heavy atom. The first-order chi connectivity index (χ1) is 10.9. The number of nitro benzene ring substituents is 1. The summed E-state index contributed by atoms with van der Waals surface area (Å²) in [5.41, 5.74) is 0.250. The van der Waals surface area contributed by atoms with E-state index >= 15 is 0 Å². The lowest BCUT2D eigenvalue weighted by Gasteiger charge is -2.10. The van der Waals surface area contributed by atoms with Crippen LogP contribution in [0.4, 0.5) is 11.4 Å². The van der Waals surface area contributed by atoms with E-state index in [9.17, 15) is 19.7 Å². The number of non-ortho nitro benzene ring substituents is 1. The van der Waals surface area contributed by atoms with Crippen molar-refractivity contribution in [2.24, 2.45) is 0 Å². The molecule has 2 rings (SSSR count). The molecule has 8 heteroatoms. The van der Waals surface area contributed by atoms with Gasteiger partial charge in [-0.25, -0.2) is 0 Å². The van der Waals surface area contributed by atoms with E-state index in [0.717, 1.165) is 6.07 Å². The molecular formula is C15H10BrClN2O4. The lowest BCUT2D eigenvalue weighted by Crippen LogP contribution is -2.16. The zero-order chi connectivity index (χ0) is 17.0. The molecule has 0 saturated heterocycles. The van der Waals surface area contributed by atoms with Gasteiger partial charge in [0.2, 0.25) is 5.91 Å². The number of amides is 1. The average molecular weight is 398 g/mol. The first kappa shape index (κ1) is 17.1. The van der Waals surface area contributed by atoms with Gasteiger partial charge in [0.05, 0.1) is 21.5 Å². The lowest BCUT2D eigenvalue weighted by molar-refractivity contribution is -0.384. The number of hydrogen-bond donors (Lipinski definition) is 1. The minimum Gasteiger partial charge on any atom is -0.325 e. The molecule has 0 atom stereocenters. The van der Waals surface area contributed by atoms with E-state index in [2.05, 4.69) is 21.2 Å². The van der Waals surface area contributed by atoms with Gasteiger partial charge in [-0.15, -0.1) is 0 Å². The number of carbonyl (C=O) groups excluding carboxylic acids is 2. The van der Waals surface area contributed by atoms with Crippen LogP contribution in [0, 0.1) is 10.1 Å². The summed E-state index contributed by atoms with van der Waals surface area (Å²) >= 11 is 8.87. The fourth-order valence-corrected chi connectivity index (χ4v) is 2.24. The fraction of sp³-hybridized carbons (Fsp3) is 0.0667. The van der Waals surface area contributed by atoms with Crippen molar-refractivity contribution in [3.8, 4) is 0 Å². The Morgan fingerprint density at radius 3 is 2.57 bits per heavy atom. The van der Waals surface area contributed by atoms with Crippen LogP contribution in [0.2, 0.25) is 5.02 Å². The van der Waals surface area contributed by atoms with Gasteiger partial charge in [0.25, 0.3) is 5.69 Å². The Kier molecular flexibility index (Phi) is 5.46. The second-order valence-electron chi connectivity index (χ2n) is 4.51. The van der Waals surface area contributed by atoms with Crippen LogP contribution in [-0.2, 0) is 4.79 Å². The Balaban J connectivity index is 2.52. The number of rotatable bonds is 5. The first-order valence-corrected chi connectivity index (χ1v) is 7.87. The molecule has 0 heterocycles. The van der Waals surface area contributed by atoms with Crippen LogP contribution in [0.3, 0.4) is 0 Å². The van der Waals surface area contributed by atoms with Crippen molar-refractivity contribution in [3.05, 3.63) is 68.7 Å². The van der Waals surface area contributed by atoms with E-state index in [-0.39, 0.29) is 33.7 Å². The third-order valence-electron chi connectivity index (χ3n) is 2.94. The largest absolute Gasteiger partial charge is 0.325 e. The second kappa shape index (κ2) is 7.34. The molecule has 0 radical (unpaired) electrons. The van der Waals surface area contributed by atoms with Crippen LogP contribution in [0.15, 0.2) is 42.5 Å². The monoisotopic (exact) mass is 396 g/mol. The van der Waals surface area contributed by atoms with Gasteiger partial charge in [0.15, 0.2) is 5.78 Å². The van der Waals surface area contributed by atoms with Crippen LogP contribution in [0.5, 0.6) is 0 Å². The molecular weight excluding hydrogens is 388 g/mol. The molecule has 0 bridgehead atoms. The van der Waals surface area contributed by atoms with E-state index in [1.807, 2.05) is 0 Å². The molecule has 6 nitrogen and oxygen atoms in total. The number of ketones is 1. The zero-order valence-corrected chi connectivity index (χ0v) is 13.9. The molecule has 2 aromatic carbocycles. The summed E-state index contributed by atoms with van der Waals surface area (Å²) in [6.45, 7) is 0. The molecule has 0 fully saturated rings. The van der Waals surface area contributed by atoms with E-state index in [0.29, 0.717) is 5.02 Å². The molecule has 0 aromatic heterocycles. The summed E-state index contributed by atoms with van der Waals surface area (Å²) in [6.07, 6.45) is 0. The van der Waals surface area contributed by atoms with Crippen molar-refractivity contribution in [1.29, 1.82) is 0 Å². The number of hydrogen-bond acceptors (Lipinski definition) is 4. The molecule has 118 valence electrons. The SMILES string of the molecule is O=C(CBr)Nc1ccc([N+](=O)[O-])cc1C(=O)c1cccc(Cl)c1. The third kappa shape index (κ3) is 4.14. The standard InChI is InChI=1S/C15H10BrClN2O4/c16-8-14(20)18-13-5-4-11(19(22)23)7-12(13)15(21)9-2-1-3-10(17)6-9/h1-7H,8H2,(H,18,20). The predicted octanol–water partition coefficient (Wildman–Crippen LogP) is 3.81. The maximum Gasteiger partial charge on any atom is 0.270 e. The van der Waals surface area contributed by atoms with Gasteiger partial charge in [0.1, 0.15) is 0 Å². The molecule has 0 spiro atoms. The van der Waals surface area contributed by atoms with Crippen LogP contribution < -0.4 is 5.32 Å². The summed E-state index contributed by atoms with van der Waals surface area (Å²) in [5.74, 6) is -0.847. The minimum absolute atomic E-state index is 0.0239. The zero-order valence-electron chi connectivity index (χ0n) is 11.6. The third-order valence-corrected chi connectivity index (χ3v) is 3.69. The molecule has 0 saturated carbocycles. The summed E-state index contributed by atoms with van der Waals surface area (Å²) in [7, 11) is 0. The van der Waals surface area contributed by atoms with Crippen molar-refractivity contribution in [2.45, 2.75) is 0 Å². The number of nitrogens with zero attached hydrogens (tertiary/aromatic N) is 1.